The van der Waals surface area contributed by atoms with Gasteiger partial charge in [-0.2, -0.15) is 0 Å². The number of carbonyl (C=O) groups is 1. The van der Waals surface area contributed by atoms with E-state index in [-0.39, 0.29) is 5.56 Å². The van der Waals surface area contributed by atoms with Gasteiger partial charge in [-0.3, -0.25) is 0 Å². The van der Waals surface area contributed by atoms with Crippen LogP contribution in [0.4, 0.5) is 5.69 Å². The molecular formula is C10H12NO4-. The van der Waals surface area contributed by atoms with E-state index < -0.39 is 12.1 Å². The lowest BCUT2D eigenvalue weighted by Gasteiger charge is -2.20. The summed E-state index contributed by atoms with van der Waals surface area (Å²) in [6, 6.07) is 4.55. The number of rotatable bonds is 4. The SMILES string of the molecule is C[N-]c1cc(C(O)C(=O)O)ccc1OC. The zero-order valence-corrected chi connectivity index (χ0v) is 8.47. The minimum atomic E-state index is -1.53. The van der Waals surface area contributed by atoms with Gasteiger partial charge in [0.05, 0.1) is 7.11 Å². The predicted octanol–water partition coefficient (Wildman–Crippen LogP) is 1.45. The molecule has 1 aromatic carbocycles. The summed E-state index contributed by atoms with van der Waals surface area (Å²) in [4.78, 5) is 10.5. The molecule has 2 N–H and O–H groups in total. The van der Waals surface area contributed by atoms with E-state index in [1.807, 2.05) is 0 Å². The van der Waals surface area contributed by atoms with Crippen LogP contribution in [0.1, 0.15) is 11.7 Å². The summed E-state index contributed by atoms with van der Waals surface area (Å²) in [7, 11) is 3.06. The molecule has 0 saturated carbocycles. The molecule has 0 fully saturated rings. The van der Waals surface area contributed by atoms with Crippen molar-refractivity contribution in [3.05, 3.63) is 29.1 Å². The van der Waals surface area contributed by atoms with Gasteiger partial charge in [0.2, 0.25) is 0 Å². The zero-order valence-electron chi connectivity index (χ0n) is 8.47. The van der Waals surface area contributed by atoms with Gasteiger partial charge in [-0.1, -0.05) is 17.8 Å². The Kier molecular flexibility index (Phi) is 3.51. The lowest BCUT2D eigenvalue weighted by atomic mass is 10.1. The Bertz CT molecular complexity index is 364. The summed E-state index contributed by atoms with van der Waals surface area (Å²) >= 11 is 0. The molecule has 0 spiro atoms. The maximum atomic E-state index is 10.5. The first-order valence-electron chi connectivity index (χ1n) is 4.28. The van der Waals surface area contributed by atoms with E-state index >= 15 is 0 Å². The molecule has 0 aliphatic rings. The van der Waals surface area contributed by atoms with E-state index in [4.69, 9.17) is 9.84 Å². The number of carboxylic acid groups (broad SMARTS) is 1. The Morgan fingerprint density at radius 2 is 2.20 bits per heavy atom. The molecule has 1 rings (SSSR count). The second-order valence-electron chi connectivity index (χ2n) is 2.90. The van der Waals surface area contributed by atoms with Crippen LogP contribution >= 0.6 is 0 Å². The summed E-state index contributed by atoms with van der Waals surface area (Å²) in [5, 5.41) is 21.8. The van der Waals surface area contributed by atoms with Crippen molar-refractivity contribution in [3.8, 4) is 5.75 Å². The van der Waals surface area contributed by atoms with E-state index in [2.05, 4.69) is 5.32 Å². The third kappa shape index (κ3) is 2.38. The van der Waals surface area contributed by atoms with Crippen LogP contribution in [0.2, 0.25) is 0 Å². The molecule has 15 heavy (non-hydrogen) atoms. The number of hydrogen-bond donors (Lipinski definition) is 2. The molecule has 0 saturated heterocycles. The summed E-state index contributed by atoms with van der Waals surface area (Å²) in [5.41, 5.74) is 0.791. The second-order valence-corrected chi connectivity index (χ2v) is 2.90. The molecular weight excluding hydrogens is 198 g/mol. The van der Waals surface area contributed by atoms with Crippen molar-refractivity contribution in [2.45, 2.75) is 6.10 Å². The molecule has 0 aromatic heterocycles. The van der Waals surface area contributed by atoms with Gasteiger partial charge in [0, 0.05) is 0 Å². The summed E-state index contributed by atoms with van der Waals surface area (Å²) in [6.45, 7) is 0. The largest absolute Gasteiger partial charge is 0.684 e. The number of aliphatic hydroxyl groups is 1. The molecule has 0 aliphatic carbocycles. The van der Waals surface area contributed by atoms with Crippen LogP contribution in [-0.4, -0.2) is 30.3 Å². The standard InChI is InChI=1S/C10H12NO4/c1-11-7-5-6(9(12)10(13)14)3-4-8(7)15-2/h3-5,9,12H,1-2H3,(H,13,14)/q-1. The molecule has 5 heteroatoms. The highest BCUT2D eigenvalue weighted by Crippen LogP contribution is 2.32. The smallest absolute Gasteiger partial charge is 0.337 e. The fourth-order valence-corrected chi connectivity index (χ4v) is 1.19. The van der Waals surface area contributed by atoms with E-state index in [0.29, 0.717) is 11.4 Å². The number of carboxylic acids is 1. The average Bonchev–Trinajstić information content (AvgIpc) is 2.26. The quantitative estimate of drug-likeness (QED) is 0.788. The van der Waals surface area contributed by atoms with Gasteiger partial charge in [0.1, 0.15) is 5.75 Å². The molecule has 0 radical (unpaired) electrons. The van der Waals surface area contributed by atoms with Crippen LogP contribution in [0.25, 0.3) is 5.32 Å². The molecule has 5 nitrogen and oxygen atoms in total. The van der Waals surface area contributed by atoms with Crippen LogP contribution in [0, 0.1) is 0 Å². The fourth-order valence-electron chi connectivity index (χ4n) is 1.19. The highest BCUT2D eigenvalue weighted by Gasteiger charge is 2.15. The predicted molar refractivity (Wildman–Crippen MR) is 54.5 cm³/mol. The van der Waals surface area contributed by atoms with E-state index in [9.17, 15) is 9.90 Å². The first-order valence-corrected chi connectivity index (χ1v) is 4.28. The first-order chi connectivity index (χ1) is 7.10. The molecule has 0 heterocycles. The van der Waals surface area contributed by atoms with Crippen molar-refractivity contribution in [3.63, 3.8) is 0 Å². The van der Waals surface area contributed by atoms with Crippen molar-refractivity contribution < 1.29 is 19.7 Å². The summed E-state index contributed by atoms with van der Waals surface area (Å²) < 4.78 is 5.01. The van der Waals surface area contributed by atoms with Crippen molar-refractivity contribution in [2.24, 2.45) is 0 Å². The topological polar surface area (TPSA) is 80.9 Å². The Hall–Kier alpha value is -1.75. The molecule has 82 valence electrons. The number of hydrogen-bond acceptors (Lipinski definition) is 3. The van der Waals surface area contributed by atoms with Crippen LogP contribution in [0.3, 0.4) is 0 Å². The Morgan fingerprint density at radius 3 is 2.67 bits per heavy atom. The van der Waals surface area contributed by atoms with Gasteiger partial charge in [-0.25, -0.2) is 4.79 Å². The minimum absolute atomic E-state index is 0.281. The van der Waals surface area contributed by atoms with Crippen molar-refractivity contribution in [1.29, 1.82) is 0 Å². The number of benzene rings is 1. The normalized spacial score (nSPS) is 11.9. The van der Waals surface area contributed by atoms with Gasteiger partial charge in [-0.15, -0.1) is 7.05 Å². The third-order valence-electron chi connectivity index (χ3n) is 1.99. The molecule has 0 bridgehead atoms. The minimum Gasteiger partial charge on any atom is -0.684 e. The van der Waals surface area contributed by atoms with E-state index in [1.165, 1.54) is 19.2 Å². The number of nitrogens with zero attached hydrogens (tertiary/aromatic N) is 1. The third-order valence-corrected chi connectivity index (χ3v) is 1.99. The van der Waals surface area contributed by atoms with Gasteiger partial charge in [0.25, 0.3) is 0 Å². The maximum absolute atomic E-state index is 10.5. The average molecular weight is 210 g/mol. The fraction of sp³-hybridized carbons (Fsp3) is 0.300. The highest BCUT2D eigenvalue weighted by molar-refractivity contribution is 5.75. The Morgan fingerprint density at radius 1 is 1.53 bits per heavy atom. The Balaban J connectivity index is 3.07. The Labute approximate surface area is 87.3 Å². The van der Waals surface area contributed by atoms with Gasteiger partial charge < -0.3 is 20.3 Å². The van der Waals surface area contributed by atoms with E-state index in [0.717, 1.165) is 0 Å². The lowest BCUT2D eigenvalue weighted by Crippen LogP contribution is -2.10. The summed E-state index contributed by atoms with van der Waals surface area (Å²) in [6.07, 6.45) is -1.53. The van der Waals surface area contributed by atoms with Gasteiger partial charge in [0.15, 0.2) is 6.10 Å². The molecule has 1 aromatic rings. The van der Waals surface area contributed by atoms with Gasteiger partial charge in [-0.05, 0) is 11.6 Å². The monoisotopic (exact) mass is 210 g/mol. The number of methoxy groups -OCH3 is 1. The van der Waals surface area contributed by atoms with Crippen molar-refractivity contribution in [2.75, 3.05) is 14.2 Å². The van der Waals surface area contributed by atoms with Crippen LogP contribution < -0.4 is 4.74 Å². The molecule has 0 amide bonds. The lowest BCUT2D eigenvalue weighted by molar-refractivity contribution is -0.146. The van der Waals surface area contributed by atoms with E-state index in [1.54, 1.807) is 13.1 Å². The first kappa shape index (κ1) is 11.3. The molecule has 1 atom stereocenters. The van der Waals surface area contributed by atoms with Gasteiger partial charge >= 0.3 is 5.97 Å². The maximum Gasteiger partial charge on any atom is 0.337 e. The molecule has 0 aliphatic heterocycles. The number of aliphatic hydroxyl groups excluding tert-OH is 1. The van der Waals surface area contributed by atoms with Crippen LogP contribution in [0.5, 0.6) is 5.75 Å². The van der Waals surface area contributed by atoms with Crippen molar-refractivity contribution in [1.82, 2.24) is 0 Å². The molecule has 1 unspecified atom stereocenters. The highest BCUT2D eigenvalue weighted by atomic mass is 16.5. The second kappa shape index (κ2) is 4.65. The number of aliphatic carboxylic acids is 1. The van der Waals surface area contributed by atoms with Crippen LogP contribution in [0.15, 0.2) is 18.2 Å². The van der Waals surface area contributed by atoms with Crippen LogP contribution in [-0.2, 0) is 4.79 Å². The van der Waals surface area contributed by atoms with Crippen molar-refractivity contribution >= 4 is 11.7 Å². The summed E-state index contributed by atoms with van der Waals surface area (Å²) in [5.74, 6) is -0.749. The zero-order chi connectivity index (χ0) is 11.4. The number of ether oxygens (including phenoxy) is 1.